The second-order valence-electron chi connectivity index (χ2n) is 3.66. The van der Waals surface area contributed by atoms with Crippen molar-refractivity contribution in [3.63, 3.8) is 0 Å². The number of ether oxygens (including phenoxy) is 1. The lowest BCUT2D eigenvalue weighted by molar-refractivity contribution is 0.415. The molecule has 0 saturated heterocycles. The quantitative estimate of drug-likeness (QED) is 0.721. The highest BCUT2D eigenvalue weighted by Gasteiger charge is 2.07. The summed E-state index contributed by atoms with van der Waals surface area (Å²) in [4.78, 5) is 4.37. The zero-order valence-electron chi connectivity index (χ0n) is 9.16. The molecular weight excluding hydrogens is 186 g/mol. The van der Waals surface area contributed by atoms with Gasteiger partial charge in [-0.15, -0.1) is 0 Å². The minimum absolute atomic E-state index is 0.897. The zero-order valence-corrected chi connectivity index (χ0v) is 9.16. The van der Waals surface area contributed by atoms with Crippen molar-refractivity contribution in [3.05, 3.63) is 35.4 Å². The summed E-state index contributed by atoms with van der Waals surface area (Å²) in [6.45, 7) is 3.01. The Labute approximate surface area is 90.3 Å². The molecule has 0 unspecified atom stereocenters. The van der Waals surface area contributed by atoms with Crippen LogP contribution >= 0.6 is 0 Å². The maximum atomic E-state index is 5.12. The summed E-state index contributed by atoms with van der Waals surface area (Å²) < 4.78 is 5.12. The van der Waals surface area contributed by atoms with Crippen LogP contribution in [0.15, 0.2) is 34.8 Å². The van der Waals surface area contributed by atoms with Gasteiger partial charge in [-0.2, -0.15) is 0 Å². The largest absolute Gasteiger partial charge is 0.497 e. The molecule has 1 heterocycles. The highest BCUT2D eigenvalue weighted by atomic mass is 16.5. The van der Waals surface area contributed by atoms with Crippen LogP contribution in [0.1, 0.15) is 18.9 Å². The summed E-state index contributed by atoms with van der Waals surface area (Å²) in [6, 6.07) is 8.09. The monoisotopic (exact) mass is 201 g/mol. The summed E-state index contributed by atoms with van der Waals surface area (Å²) in [5.41, 5.74) is 3.73. The van der Waals surface area contributed by atoms with E-state index in [1.807, 2.05) is 12.1 Å². The highest BCUT2D eigenvalue weighted by molar-refractivity contribution is 6.03. The molecule has 0 radical (unpaired) electrons. The zero-order chi connectivity index (χ0) is 10.7. The molecule has 0 aromatic heterocycles. The van der Waals surface area contributed by atoms with Crippen molar-refractivity contribution >= 4 is 11.8 Å². The second-order valence-corrected chi connectivity index (χ2v) is 3.66. The Bertz CT molecular complexity index is 401. The Morgan fingerprint density at radius 2 is 2.00 bits per heavy atom. The number of hydrogen-bond acceptors (Lipinski definition) is 2. The minimum Gasteiger partial charge on any atom is -0.497 e. The lowest BCUT2D eigenvalue weighted by Crippen LogP contribution is -1.89. The van der Waals surface area contributed by atoms with Crippen LogP contribution in [0.4, 0.5) is 0 Å². The lowest BCUT2D eigenvalue weighted by Gasteiger charge is -2.01. The third kappa shape index (κ3) is 2.27. The second kappa shape index (κ2) is 4.30. The van der Waals surface area contributed by atoms with Gasteiger partial charge in [-0.1, -0.05) is 12.1 Å². The van der Waals surface area contributed by atoms with Gasteiger partial charge >= 0.3 is 0 Å². The van der Waals surface area contributed by atoms with E-state index in [1.165, 1.54) is 16.8 Å². The van der Waals surface area contributed by atoms with E-state index >= 15 is 0 Å². The summed E-state index contributed by atoms with van der Waals surface area (Å²) in [5.74, 6) is 0.897. The Morgan fingerprint density at radius 3 is 2.53 bits per heavy atom. The van der Waals surface area contributed by atoms with Crippen LogP contribution in [0.2, 0.25) is 0 Å². The van der Waals surface area contributed by atoms with Crippen LogP contribution in [0, 0.1) is 0 Å². The number of methoxy groups -OCH3 is 1. The molecule has 2 rings (SSSR count). The van der Waals surface area contributed by atoms with E-state index < -0.39 is 0 Å². The van der Waals surface area contributed by atoms with E-state index in [4.69, 9.17) is 4.74 Å². The van der Waals surface area contributed by atoms with Gasteiger partial charge < -0.3 is 4.74 Å². The third-order valence-corrected chi connectivity index (χ3v) is 2.65. The molecule has 15 heavy (non-hydrogen) atoms. The first kappa shape index (κ1) is 9.97. The molecule has 2 nitrogen and oxygen atoms in total. The average molecular weight is 201 g/mol. The van der Waals surface area contributed by atoms with Crippen molar-refractivity contribution in [1.29, 1.82) is 0 Å². The van der Waals surface area contributed by atoms with Crippen LogP contribution in [0.25, 0.3) is 6.08 Å². The molecule has 1 aliphatic rings. The van der Waals surface area contributed by atoms with Gasteiger partial charge in [0.2, 0.25) is 0 Å². The maximum absolute atomic E-state index is 5.12. The minimum atomic E-state index is 0.897. The molecular formula is C13H15NO. The van der Waals surface area contributed by atoms with Crippen LogP contribution in [-0.2, 0) is 0 Å². The van der Waals surface area contributed by atoms with Crippen LogP contribution in [0.3, 0.4) is 0 Å². The van der Waals surface area contributed by atoms with E-state index in [2.05, 4.69) is 30.1 Å². The lowest BCUT2D eigenvalue weighted by atomic mass is 10.1. The van der Waals surface area contributed by atoms with Gasteiger partial charge in [0.25, 0.3) is 0 Å². The molecule has 0 atom stereocenters. The predicted molar refractivity (Wildman–Crippen MR) is 63.6 cm³/mol. The first-order valence-electron chi connectivity index (χ1n) is 5.15. The molecule has 0 amide bonds. The van der Waals surface area contributed by atoms with Gasteiger partial charge in [-0.3, -0.25) is 4.99 Å². The predicted octanol–water partition coefficient (Wildman–Crippen LogP) is 2.94. The van der Waals surface area contributed by atoms with Gasteiger partial charge in [0.05, 0.1) is 7.11 Å². The molecule has 0 N–H and O–H groups in total. The molecule has 1 aromatic rings. The molecule has 0 bridgehead atoms. The number of aliphatic imine (C=N–C) groups is 1. The van der Waals surface area contributed by atoms with Crippen molar-refractivity contribution in [2.45, 2.75) is 13.3 Å². The van der Waals surface area contributed by atoms with Crippen LogP contribution in [0.5, 0.6) is 5.75 Å². The first-order valence-corrected chi connectivity index (χ1v) is 5.15. The Morgan fingerprint density at radius 1 is 1.27 bits per heavy atom. The molecule has 0 spiro atoms. The standard InChI is InChI=1S/C13H15NO/c1-10-12(7-8-14-10)9-11-3-5-13(15-2)6-4-11/h3-6,9H,7-8H2,1-2H3/b12-9-. The fourth-order valence-electron chi connectivity index (χ4n) is 1.70. The Hall–Kier alpha value is -1.57. The van der Waals surface area contributed by atoms with Crippen molar-refractivity contribution in [1.82, 2.24) is 0 Å². The summed E-state index contributed by atoms with van der Waals surface area (Å²) in [7, 11) is 1.68. The number of rotatable bonds is 2. The van der Waals surface area contributed by atoms with E-state index in [1.54, 1.807) is 7.11 Å². The van der Waals surface area contributed by atoms with Gasteiger partial charge in [-0.25, -0.2) is 0 Å². The Balaban J connectivity index is 2.20. The van der Waals surface area contributed by atoms with E-state index in [9.17, 15) is 0 Å². The normalized spacial score (nSPS) is 18.0. The molecule has 0 fully saturated rings. The first-order chi connectivity index (χ1) is 7.29. The van der Waals surface area contributed by atoms with Crippen molar-refractivity contribution in [2.75, 3.05) is 13.7 Å². The number of hydrogen-bond donors (Lipinski definition) is 0. The fourth-order valence-corrected chi connectivity index (χ4v) is 1.70. The van der Waals surface area contributed by atoms with Crippen LogP contribution in [-0.4, -0.2) is 19.4 Å². The molecule has 1 aliphatic heterocycles. The molecule has 1 aromatic carbocycles. The maximum Gasteiger partial charge on any atom is 0.118 e. The average Bonchev–Trinajstić information content (AvgIpc) is 2.66. The summed E-state index contributed by atoms with van der Waals surface area (Å²) in [6.07, 6.45) is 3.27. The topological polar surface area (TPSA) is 21.6 Å². The van der Waals surface area contributed by atoms with Crippen molar-refractivity contribution < 1.29 is 4.74 Å². The Kier molecular flexibility index (Phi) is 2.86. The van der Waals surface area contributed by atoms with E-state index in [-0.39, 0.29) is 0 Å². The van der Waals surface area contributed by atoms with E-state index in [0.717, 1.165) is 18.7 Å². The molecule has 0 aliphatic carbocycles. The third-order valence-electron chi connectivity index (χ3n) is 2.65. The van der Waals surface area contributed by atoms with Gasteiger partial charge in [-0.05, 0) is 42.7 Å². The summed E-state index contributed by atoms with van der Waals surface area (Å²) >= 11 is 0. The van der Waals surface area contributed by atoms with Crippen molar-refractivity contribution in [2.24, 2.45) is 4.99 Å². The molecule has 0 saturated carbocycles. The highest BCUT2D eigenvalue weighted by Crippen LogP contribution is 2.18. The SMILES string of the molecule is COc1ccc(/C=C2/CCN=C2C)cc1. The van der Waals surface area contributed by atoms with Gasteiger partial charge in [0.15, 0.2) is 0 Å². The van der Waals surface area contributed by atoms with E-state index in [0.29, 0.717) is 0 Å². The fraction of sp³-hybridized carbons (Fsp3) is 0.308. The molecule has 78 valence electrons. The molecule has 2 heteroatoms. The number of benzene rings is 1. The van der Waals surface area contributed by atoms with Gasteiger partial charge in [0.1, 0.15) is 5.75 Å². The number of nitrogens with zero attached hydrogens (tertiary/aromatic N) is 1. The smallest absolute Gasteiger partial charge is 0.118 e. The van der Waals surface area contributed by atoms with Crippen molar-refractivity contribution in [3.8, 4) is 5.75 Å². The van der Waals surface area contributed by atoms with Gasteiger partial charge in [0, 0.05) is 12.3 Å². The van der Waals surface area contributed by atoms with Crippen LogP contribution < -0.4 is 4.74 Å². The summed E-state index contributed by atoms with van der Waals surface area (Å²) in [5, 5.41) is 0.